The van der Waals surface area contributed by atoms with Crippen LogP contribution >= 0.6 is 11.6 Å². The molecule has 0 aliphatic heterocycles. The fraction of sp³-hybridized carbons (Fsp3) is 0.240. The summed E-state index contributed by atoms with van der Waals surface area (Å²) >= 11 is 6.14. The van der Waals surface area contributed by atoms with Crippen molar-refractivity contribution in [2.75, 3.05) is 26.7 Å². The third kappa shape index (κ3) is 7.76. The topological polar surface area (TPSA) is 122 Å². The van der Waals surface area contributed by atoms with Gasteiger partial charge >= 0.3 is 0 Å². The number of sulfonamides is 2. The molecule has 9 nitrogen and oxygen atoms in total. The first kappa shape index (κ1) is 28.6. The van der Waals surface area contributed by atoms with Gasteiger partial charge in [-0.2, -0.15) is 4.31 Å². The molecule has 0 aromatic heterocycles. The molecule has 0 atom stereocenters. The number of nitrogens with zero attached hydrogens (tertiary/aromatic N) is 1. The molecular formula is C25H28ClN3O6S2. The zero-order chi connectivity index (χ0) is 27.1. The van der Waals surface area contributed by atoms with Crippen LogP contribution in [-0.2, 0) is 31.4 Å². The Morgan fingerprint density at radius 1 is 0.919 bits per heavy atom. The lowest BCUT2D eigenvalue weighted by molar-refractivity contribution is -0.121. The maximum atomic E-state index is 13.4. The largest absolute Gasteiger partial charge is 0.495 e. The van der Waals surface area contributed by atoms with Gasteiger partial charge in [0.1, 0.15) is 5.75 Å². The molecule has 0 unspecified atom stereocenters. The molecule has 0 saturated carbocycles. The van der Waals surface area contributed by atoms with Crippen LogP contribution in [0.2, 0.25) is 5.02 Å². The van der Waals surface area contributed by atoms with Gasteiger partial charge in [-0.05, 0) is 42.8 Å². The van der Waals surface area contributed by atoms with E-state index in [2.05, 4.69) is 10.0 Å². The smallest absolute Gasteiger partial charge is 0.243 e. The molecule has 0 fully saturated rings. The molecule has 0 heterocycles. The highest BCUT2D eigenvalue weighted by Crippen LogP contribution is 2.29. The van der Waals surface area contributed by atoms with Gasteiger partial charge in [0.15, 0.2) is 0 Å². The van der Waals surface area contributed by atoms with Crippen LogP contribution in [-0.4, -0.2) is 53.8 Å². The lowest BCUT2D eigenvalue weighted by atomic mass is 10.2. The number of carbonyl (C=O) groups excluding carboxylic acids is 1. The number of hydrogen-bond donors (Lipinski definition) is 2. The number of halogens is 1. The molecule has 3 rings (SSSR count). The minimum Gasteiger partial charge on any atom is -0.495 e. The van der Waals surface area contributed by atoms with Crippen LogP contribution in [0.25, 0.3) is 0 Å². The molecule has 12 heteroatoms. The van der Waals surface area contributed by atoms with E-state index in [9.17, 15) is 21.6 Å². The third-order valence-electron chi connectivity index (χ3n) is 5.35. The van der Waals surface area contributed by atoms with Crippen LogP contribution in [0.3, 0.4) is 0 Å². The molecule has 37 heavy (non-hydrogen) atoms. The van der Waals surface area contributed by atoms with E-state index < -0.39 is 32.5 Å². The number of methoxy groups -OCH3 is 1. The van der Waals surface area contributed by atoms with Crippen LogP contribution < -0.4 is 14.8 Å². The maximum absolute atomic E-state index is 13.4. The van der Waals surface area contributed by atoms with Crippen molar-refractivity contribution in [1.82, 2.24) is 14.3 Å². The zero-order valence-corrected chi connectivity index (χ0v) is 22.7. The average Bonchev–Trinajstić information content (AvgIpc) is 2.87. The fourth-order valence-corrected chi connectivity index (χ4v) is 6.14. The average molecular weight is 566 g/mol. The van der Waals surface area contributed by atoms with Gasteiger partial charge in [-0.3, -0.25) is 4.79 Å². The summed E-state index contributed by atoms with van der Waals surface area (Å²) in [6.45, 7) is 1.22. The van der Waals surface area contributed by atoms with Gasteiger partial charge in [-0.25, -0.2) is 21.6 Å². The second kappa shape index (κ2) is 12.5. The molecule has 0 radical (unpaired) electrons. The lowest BCUT2D eigenvalue weighted by Gasteiger charge is -2.22. The number of rotatable bonds is 12. The zero-order valence-electron chi connectivity index (χ0n) is 20.3. The number of carbonyl (C=O) groups is 1. The normalized spacial score (nSPS) is 11.9. The first-order chi connectivity index (χ1) is 17.5. The summed E-state index contributed by atoms with van der Waals surface area (Å²) in [5.74, 6) is -0.269. The van der Waals surface area contributed by atoms with E-state index in [0.29, 0.717) is 11.3 Å². The first-order valence-corrected chi connectivity index (χ1v) is 14.5. The second-order valence-corrected chi connectivity index (χ2v) is 12.2. The summed E-state index contributed by atoms with van der Waals surface area (Å²) in [4.78, 5) is 12.7. The molecule has 0 aliphatic rings. The highest BCUT2D eigenvalue weighted by Gasteiger charge is 2.28. The van der Waals surface area contributed by atoms with Crippen molar-refractivity contribution in [2.24, 2.45) is 0 Å². The van der Waals surface area contributed by atoms with Crippen LogP contribution in [0.15, 0.2) is 82.6 Å². The summed E-state index contributed by atoms with van der Waals surface area (Å²) in [6.07, 6.45) is 0. The maximum Gasteiger partial charge on any atom is 0.243 e. The minimum absolute atomic E-state index is 0.0302. The van der Waals surface area contributed by atoms with E-state index in [-0.39, 0.29) is 34.4 Å². The highest BCUT2D eigenvalue weighted by atomic mass is 35.5. The van der Waals surface area contributed by atoms with Gasteiger partial charge in [0, 0.05) is 19.6 Å². The minimum atomic E-state index is -4.11. The first-order valence-electron chi connectivity index (χ1n) is 11.2. The van der Waals surface area contributed by atoms with E-state index >= 15 is 0 Å². The molecule has 198 valence electrons. The van der Waals surface area contributed by atoms with Gasteiger partial charge < -0.3 is 10.1 Å². The summed E-state index contributed by atoms with van der Waals surface area (Å²) in [5, 5.41) is 2.69. The Hall–Kier alpha value is -2.96. The molecule has 3 aromatic rings. The molecule has 3 aromatic carbocycles. The van der Waals surface area contributed by atoms with Crippen molar-refractivity contribution in [3.63, 3.8) is 0 Å². The van der Waals surface area contributed by atoms with E-state index in [1.165, 1.54) is 37.4 Å². The molecular weight excluding hydrogens is 538 g/mol. The Bertz CT molecular complexity index is 1430. The monoisotopic (exact) mass is 565 g/mol. The summed E-state index contributed by atoms with van der Waals surface area (Å²) < 4.78 is 60.2. The second-order valence-electron chi connectivity index (χ2n) is 8.12. The van der Waals surface area contributed by atoms with Crippen molar-refractivity contribution in [2.45, 2.75) is 23.3 Å². The highest BCUT2D eigenvalue weighted by molar-refractivity contribution is 7.89. The van der Waals surface area contributed by atoms with Gasteiger partial charge in [-0.15, -0.1) is 0 Å². The van der Waals surface area contributed by atoms with Gasteiger partial charge in [-0.1, -0.05) is 59.6 Å². The van der Waals surface area contributed by atoms with E-state index in [1.807, 2.05) is 6.92 Å². The third-order valence-corrected chi connectivity index (χ3v) is 8.91. The van der Waals surface area contributed by atoms with Gasteiger partial charge in [0.25, 0.3) is 0 Å². The predicted molar refractivity (Wildman–Crippen MR) is 141 cm³/mol. The van der Waals surface area contributed by atoms with E-state index in [0.717, 1.165) is 9.87 Å². The van der Waals surface area contributed by atoms with Crippen LogP contribution in [0, 0.1) is 6.92 Å². The molecule has 2 N–H and O–H groups in total. The van der Waals surface area contributed by atoms with Crippen LogP contribution in [0.5, 0.6) is 5.75 Å². The fourth-order valence-electron chi connectivity index (χ4n) is 3.37. The van der Waals surface area contributed by atoms with E-state index in [1.54, 1.807) is 42.5 Å². The van der Waals surface area contributed by atoms with Crippen molar-refractivity contribution in [3.05, 3.63) is 88.9 Å². The van der Waals surface area contributed by atoms with Crippen LogP contribution in [0.1, 0.15) is 11.1 Å². The standard InChI is InChI=1S/C25H28ClN3O6S2/c1-19-8-10-21(11-9-19)36(31,32)28-15-14-27-25(30)18-29(17-20-6-4-3-5-7-20)37(33,34)22-12-13-24(35-2)23(26)16-22/h3-13,16,28H,14-15,17-18H2,1-2H3,(H,27,30). The Labute approximate surface area is 222 Å². The van der Waals surface area contributed by atoms with Crippen molar-refractivity contribution in [3.8, 4) is 5.75 Å². The quantitative estimate of drug-likeness (QED) is 0.326. The Kier molecular flexibility index (Phi) is 9.68. The molecule has 0 spiro atoms. The van der Waals surface area contributed by atoms with Gasteiger partial charge in [0.2, 0.25) is 26.0 Å². The Morgan fingerprint density at radius 2 is 1.57 bits per heavy atom. The number of benzene rings is 3. The molecule has 1 amide bonds. The van der Waals surface area contributed by atoms with E-state index in [4.69, 9.17) is 16.3 Å². The number of nitrogens with one attached hydrogen (secondary N) is 2. The number of ether oxygens (including phenoxy) is 1. The number of amides is 1. The summed E-state index contributed by atoms with van der Waals surface area (Å²) in [6, 6.07) is 19.3. The summed E-state index contributed by atoms with van der Waals surface area (Å²) in [5.41, 5.74) is 1.61. The predicted octanol–water partition coefficient (Wildman–Crippen LogP) is 2.94. The molecule has 0 bridgehead atoms. The van der Waals surface area contributed by atoms with Crippen molar-refractivity contribution in [1.29, 1.82) is 0 Å². The lowest BCUT2D eigenvalue weighted by Crippen LogP contribution is -2.42. The Balaban J connectivity index is 1.68. The SMILES string of the molecule is COc1ccc(S(=O)(=O)N(CC(=O)NCCNS(=O)(=O)c2ccc(C)cc2)Cc2ccccc2)cc1Cl. The van der Waals surface area contributed by atoms with Gasteiger partial charge in [0.05, 0.1) is 28.5 Å². The number of aryl methyl sites for hydroxylation is 1. The summed E-state index contributed by atoms with van der Waals surface area (Å²) in [7, 11) is -6.43. The van der Waals surface area contributed by atoms with Crippen molar-refractivity contribution < 1.29 is 26.4 Å². The van der Waals surface area contributed by atoms with Crippen LogP contribution in [0.4, 0.5) is 0 Å². The molecule has 0 aliphatic carbocycles. The Morgan fingerprint density at radius 3 is 2.19 bits per heavy atom. The molecule has 0 saturated heterocycles. The van der Waals surface area contributed by atoms with Crippen molar-refractivity contribution >= 4 is 37.6 Å². The number of hydrogen-bond acceptors (Lipinski definition) is 6.